The second kappa shape index (κ2) is 9.84. The molecule has 9 heteroatoms. The first-order chi connectivity index (χ1) is 12.4. The van der Waals surface area contributed by atoms with E-state index in [-0.39, 0.29) is 31.2 Å². The van der Waals surface area contributed by atoms with Gasteiger partial charge in [0.25, 0.3) is 5.91 Å². The molecule has 1 fully saturated rings. The summed E-state index contributed by atoms with van der Waals surface area (Å²) < 4.78 is 1.40. The van der Waals surface area contributed by atoms with E-state index in [1.165, 1.54) is 16.7 Å². The lowest BCUT2D eigenvalue weighted by Gasteiger charge is -2.14. The zero-order valence-electron chi connectivity index (χ0n) is 13.7. The molecular formula is C17H17BrN2O4S2. The summed E-state index contributed by atoms with van der Waals surface area (Å²) in [6.07, 6.45) is 2.35. The molecule has 26 heavy (non-hydrogen) atoms. The van der Waals surface area contributed by atoms with E-state index in [9.17, 15) is 14.4 Å². The fourth-order valence-electron chi connectivity index (χ4n) is 2.24. The van der Waals surface area contributed by atoms with Crippen LogP contribution in [0, 0.1) is 0 Å². The molecule has 1 aliphatic rings. The summed E-state index contributed by atoms with van der Waals surface area (Å²) in [5.41, 5.74) is 0.901. The predicted octanol–water partition coefficient (Wildman–Crippen LogP) is 3.02. The Balaban J connectivity index is 1.85. The average Bonchev–Trinajstić information content (AvgIpc) is 2.82. The number of carbonyl (C=O) groups excluding carboxylic acids is 2. The molecule has 0 unspecified atom stereocenters. The van der Waals surface area contributed by atoms with E-state index in [4.69, 9.17) is 17.3 Å². The normalized spacial score (nSPS) is 15.6. The monoisotopic (exact) mass is 456 g/mol. The molecule has 1 aliphatic heterocycles. The van der Waals surface area contributed by atoms with Crippen molar-refractivity contribution < 1.29 is 19.5 Å². The van der Waals surface area contributed by atoms with Crippen LogP contribution in [0.1, 0.15) is 24.8 Å². The predicted molar refractivity (Wildman–Crippen MR) is 109 cm³/mol. The van der Waals surface area contributed by atoms with Crippen LogP contribution in [-0.4, -0.2) is 45.2 Å². The highest BCUT2D eigenvalue weighted by Crippen LogP contribution is 2.33. The highest BCUT2D eigenvalue weighted by molar-refractivity contribution is 9.10. The number of carboxylic acids is 1. The van der Waals surface area contributed by atoms with Gasteiger partial charge in [0.1, 0.15) is 4.32 Å². The number of aliphatic carboxylic acids is 1. The van der Waals surface area contributed by atoms with Crippen molar-refractivity contribution in [1.29, 1.82) is 0 Å². The number of rotatable bonds is 8. The number of thioether (sulfide) groups is 1. The standard InChI is InChI=1S/C17H17BrN2O4S2/c18-12-4-1-3-11(9-12)10-13-16(24)20(17(25)26-13)8-2-5-14(21)19-7-6-15(22)23/h1,3-4,9-10H,2,5-8H2,(H,19,21)(H,22,23)/b13-10-. The number of thiocarbonyl (C=S) groups is 1. The van der Waals surface area contributed by atoms with Gasteiger partial charge in [-0.25, -0.2) is 0 Å². The highest BCUT2D eigenvalue weighted by atomic mass is 79.9. The fourth-order valence-corrected chi connectivity index (χ4v) is 3.96. The lowest BCUT2D eigenvalue weighted by molar-refractivity contribution is -0.137. The van der Waals surface area contributed by atoms with Crippen molar-refractivity contribution in [2.45, 2.75) is 19.3 Å². The van der Waals surface area contributed by atoms with Crippen LogP contribution < -0.4 is 5.32 Å². The number of benzene rings is 1. The van der Waals surface area contributed by atoms with Gasteiger partial charge in [-0.3, -0.25) is 19.3 Å². The van der Waals surface area contributed by atoms with Crippen LogP contribution in [0.3, 0.4) is 0 Å². The van der Waals surface area contributed by atoms with E-state index in [1.54, 1.807) is 6.08 Å². The first kappa shape index (κ1) is 20.6. The van der Waals surface area contributed by atoms with Crippen LogP contribution in [0.5, 0.6) is 0 Å². The quantitative estimate of drug-likeness (QED) is 0.461. The van der Waals surface area contributed by atoms with Gasteiger partial charge < -0.3 is 10.4 Å². The molecule has 0 saturated carbocycles. The van der Waals surface area contributed by atoms with Crippen molar-refractivity contribution in [1.82, 2.24) is 10.2 Å². The molecule has 138 valence electrons. The molecule has 0 atom stereocenters. The Morgan fingerprint density at radius 3 is 2.81 bits per heavy atom. The summed E-state index contributed by atoms with van der Waals surface area (Å²) in [4.78, 5) is 36.6. The van der Waals surface area contributed by atoms with E-state index in [1.807, 2.05) is 24.3 Å². The van der Waals surface area contributed by atoms with Gasteiger partial charge in [0.15, 0.2) is 0 Å². The van der Waals surface area contributed by atoms with Crippen molar-refractivity contribution in [2.24, 2.45) is 0 Å². The number of carbonyl (C=O) groups is 3. The topological polar surface area (TPSA) is 86.7 Å². The Kier molecular flexibility index (Phi) is 7.80. The number of carboxylic acid groups (broad SMARTS) is 1. The molecule has 0 bridgehead atoms. The third kappa shape index (κ3) is 6.22. The van der Waals surface area contributed by atoms with Gasteiger partial charge in [0, 0.05) is 24.0 Å². The molecule has 6 nitrogen and oxygen atoms in total. The molecule has 1 saturated heterocycles. The van der Waals surface area contributed by atoms with Gasteiger partial charge in [-0.2, -0.15) is 0 Å². The molecule has 2 rings (SSSR count). The van der Waals surface area contributed by atoms with E-state index in [0.29, 0.717) is 22.2 Å². The summed E-state index contributed by atoms with van der Waals surface area (Å²) in [5.74, 6) is -1.35. The number of hydrogen-bond donors (Lipinski definition) is 2. The first-order valence-corrected chi connectivity index (χ1v) is 9.88. The van der Waals surface area contributed by atoms with Gasteiger partial charge in [-0.05, 0) is 30.2 Å². The largest absolute Gasteiger partial charge is 0.481 e. The van der Waals surface area contributed by atoms with Gasteiger partial charge in [0.05, 0.1) is 11.3 Å². The third-order valence-electron chi connectivity index (χ3n) is 3.47. The maximum absolute atomic E-state index is 12.5. The molecule has 1 aromatic carbocycles. The summed E-state index contributed by atoms with van der Waals surface area (Å²) in [6.45, 7) is 0.456. The molecule has 2 amide bonds. The van der Waals surface area contributed by atoms with Crippen molar-refractivity contribution in [3.8, 4) is 0 Å². The number of nitrogens with one attached hydrogen (secondary N) is 1. The lowest BCUT2D eigenvalue weighted by atomic mass is 10.2. The summed E-state index contributed by atoms with van der Waals surface area (Å²) in [6, 6.07) is 7.61. The number of amides is 2. The maximum atomic E-state index is 12.5. The molecule has 1 heterocycles. The Bertz CT molecular complexity index is 767. The van der Waals surface area contributed by atoms with E-state index >= 15 is 0 Å². The smallest absolute Gasteiger partial charge is 0.305 e. The van der Waals surface area contributed by atoms with Crippen molar-refractivity contribution in [3.05, 3.63) is 39.2 Å². The van der Waals surface area contributed by atoms with Crippen LogP contribution >= 0.6 is 39.9 Å². The van der Waals surface area contributed by atoms with Crippen LogP contribution in [0.2, 0.25) is 0 Å². The maximum Gasteiger partial charge on any atom is 0.305 e. The Morgan fingerprint density at radius 1 is 1.35 bits per heavy atom. The van der Waals surface area contributed by atoms with Gasteiger partial charge in [-0.15, -0.1) is 0 Å². The molecule has 0 spiro atoms. The van der Waals surface area contributed by atoms with Crippen molar-refractivity contribution >= 4 is 68.1 Å². The van der Waals surface area contributed by atoms with Crippen molar-refractivity contribution in [3.63, 3.8) is 0 Å². The molecule has 0 aliphatic carbocycles. The second-order valence-electron chi connectivity index (χ2n) is 5.49. The zero-order chi connectivity index (χ0) is 19.1. The third-order valence-corrected chi connectivity index (χ3v) is 5.34. The van der Waals surface area contributed by atoms with Crippen LogP contribution in [0.15, 0.2) is 33.6 Å². The zero-order valence-corrected chi connectivity index (χ0v) is 17.0. The highest BCUT2D eigenvalue weighted by Gasteiger charge is 2.31. The Morgan fingerprint density at radius 2 is 2.12 bits per heavy atom. The molecule has 2 N–H and O–H groups in total. The van der Waals surface area contributed by atoms with Gasteiger partial charge in [0.2, 0.25) is 5.91 Å². The van der Waals surface area contributed by atoms with Gasteiger partial charge in [-0.1, -0.05) is 52.0 Å². The molecule has 0 aromatic heterocycles. The fraction of sp³-hybridized carbons (Fsp3) is 0.294. The SMILES string of the molecule is O=C(O)CCNC(=O)CCCN1C(=O)/C(=C/c2cccc(Br)c2)SC1=S. The van der Waals surface area contributed by atoms with E-state index in [0.717, 1.165) is 10.0 Å². The number of nitrogens with zero attached hydrogens (tertiary/aromatic N) is 1. The van der Waals surface area contributed by atoms with Crippen LogP contribution in [0.25, 0.3) is 6.08 Å². The molecule has 1 aromatic rings. The summed E-state index contributed by atoms with van der Waals surface area (Å²) in [5, 5.41) is 11.1. The Labute approximate surface area is 169 Å². The minimum Gasteiger partial charge on any atom is -0.481 e. The van der Waals surface area contributed by atoms with E-state index < -0.39 is 5.97 Å². The first-order valence-electron chi connectivity index (χ1n) is 7.86. The minimum atomic E-state index is -0.958. The van der Waals surface area contributed by atoms with E-state index in [2.05, 4.69) is 21.2 Å². The lowest BCUT2D eigenvalue weighted by Crippen LogP contribution is -2.31. The molecular weight excluding hydrogens is 440 g/mol. The Hall–Kier alpha value is -1.71. The number of halogens is 1. The number of hydrogen-bond acceptors (Lipinski definition) is 5. The minimum absolute atomic E-state index is 0.102. The van der Waals surface area contributed by atoms with Crippen molar-refractivity contribution in [2.75, 3.05) is 13.1 Å². The summed E-state index contributed by atoms with van der Waals surface area (Å²) >= 11 is 9.91. The average molecular weight is 457 g/mol. The van der Waals surface area contributed by atoms with Gasteiger partial charge >= 0.3 is 5.97 Å². The summed E-state index contributed by atoms with van der Waals surface area (Å²) in [7, 11) is 0. The van der Waals surface area contributed by atoms with Crippen LogP contribution in [-0.2, 0) is 14.4 Å². The second-order valence-corrected chi connectivity index (χ2v) is 8.08. The molecule has 0 radical (unpaired) electrons. The van der Waals surface area contributed by atoms with Crippen LogP contribution in [0.4, 0.5) is 0 Å².